The fourth-order valence-electron chi connectivity index (χ4n) is 5.63. The van der Waals surface area contributed by atoms with Crippen molar-refractivity contribution in [2.45, 2.75) is 46.1 Å². The Morgan fingerprint density at radius 1 is 1.09 bits per heavy atom. The zero-order valence-corrected chi connectivity index (χ0v) is 26.9. The first kappa shape index (κ1) is 33.7. The van der Waals surface area contributed by atoms with Gasteiger partial charge < -0.3 is 15.0 Å². The molecule has 10 nitrogen and oxygen atoms in total. The third kappa shape index (κ3) is 8.03. The molecule has 5 rings (SSSR count). The lowest BCUT2D eigenvalue weighted by Gasteiger charge is -2.31. The molecule has 2 amide bonds. The average molecular weight is 667 g/mol. The summed E-state index contributed by atoms with van der Waals surface area (Å²) in [4.78, 5) is 27.5. The Morgan fingerprint density at radius 2 is 1.87 bits per heavy atom. The Morgan fingerprint density at radius 3 is 2.66 bits per heavy atom. The SMILES string of the molecule is Cc1cccc(OCCCC(=O)N2CCCc3c(-c4cnn(Cc5c(F)ccc(C(=O)NCCS(=O)(=O)O)c5F)c4)cccc32)c1C. The zero-order valence-electron chi connectivity index (χ0n) is 26.1. The molecule has 0 atom stereocenters. The summed E-state index contributed by atoms with van der Waals surface area (Å²) in [7, 11) is -4.32. The average Bonchev–Trinajstić information content (AvgIpc) is 3.50. The monoisotopic (exact) mass is 666 g/mol. The molecule has 0 saturated heterocycles. The number of carbonyl (C=O) groups is 2. The van der Waals surface area contributed by atoms with Crippen LogP contribution in [0.4, 0.5) is 14.5 Å². The van der Waals surface area contributed by atoms with Gasteiger partial charge in [-0.3, -0.25) is 18.8 Å². The van der Waals surface area contributed by atoms with E-state index in [1.807, 2.05) is 55.1 Å². The highest BCUT2D eigenvalue weighted by molar-refractivity contribution is 7.85. The summed E-state index contributed by atoms with van der Waals surface area (Å²) in [6.45, 7) is 4.32. The second-order valence-electron chi connectivity index (χ2n) is 11.5. The van der Waals surface area contributed by atoms with E-state index in [2.05, 4.69) is 10.4 Å². The van der Waals surface area contributed by atoms with Crippen LogP contribution in [0.3, 0.4) is 0 Å². The molecule has 3 aromatic carbocycles. The highest BCUT2D eigenvalue weighted by atomic mass is 32.2. The van der Waals surface area contributed by atoms with Gasteiger partial charge in [-0.15, -0.1) is 0 Å². The van der Waals surface area contributed by atoms with Crippen LogP contribution in [-0.4, -0.2) is 60.0 Å². The number of amides is 2. The number of halogens is 2. The van der Waals surface area contributed by atoms with Crippen molar-refractivity contribution in [2.24, 2.45) is 0 Å². The first-order valence-electron chi connectivity index (χ1n) is 15.3. The molecule has 0 radical (unpaired) electrons. The Bertz CT molecular complexity index is 1910. The molecule has 2 heterocycles. The van der Waals surface area contributed by atoms with Gasteiger partial charge in [0.05, 0.1) is 30.7 Å². The molecule has 13 heteroatoms. The molecule has 0 aliphatic carbocycles. The lowest BCUT2D eigenvalue weighted by molar-refractivity contribution is -0.118. The van der Waals surface area contributed by atoms with Crippen LogP contribution in [-0.2, 0) is 27.9 Å². The van der Waals surface area contributed by atoms with E-state index in [-0.39, 0.29) is 12.5 Å². The lowest BCUT2D eigenvalue weighted by Crippen LogP contribution is -2.35. The largest absolute Gasteiger partial charge is 0.493 e. The maximum absolute atomic E-state index is 15.3. The van der Waals surface area contributed by atoms with Crippen LogP contribution in [0.2, 0.25) is 0 Å². The smallest absolute Gasteiger partial charge is 0.266 e. The molecule has 0 bridgehead atoms. The van der Waals surface area contributed by atoms with Crippen LogP contribution in [0.1, 0.15) is 51.9 Å². The van der Waals surface area contributed by atoms with Gasteiger partial charge in [-0.1, -0.05) is 24.3 Å². The van der Waals surface area contributed by atoms with Gasteiger partial charge in [0, 0.05) is 42.5 Å². The van der Waals surface area contributed by atoms with Gasteiger partial charge >= 0.3 is 0 Å². The summed E-state index contributed by atoms with van der Waals surface area (Å²) in [6.07, 6.45) is 5.67. The van der Waals surface area contributed by atoms with Crippen LogP contribution in [0.15, 0.2) is 60.9 Å². The maximum atomic E-state index is 15.3. The van der Waals surface area contributed by atoms with E-state index >= 15 is 4.39 Å². The van der Waals surface area contributed by atoms with Gasteiger partial charge in [0.25, 0.3) is 16.0 Å². The lowest BCUT2D eigenvalue weighted by atomic mass is 9.93. The number of hydrogen-bond acceptors (Lipinski definition) is 6. The Hall–Kier alpha value is -4.62. The maximum Gasteiger partial charge on any atom is 0.266 e. The molecule has 4 aromatic rings. The van der Waals surface area contributed by atoms with Crippen molar-refractivity contribution in [1.29, 1.82) is 0 Å². The van der Waals surface area contributed by atoms with Gasteiger partial charge in [-0.2, -0.15) is 13.5 Å². The summed E-state index contributed by atoms with van der Waals surface area (Å²) < 4.78 is 67.9. The summed E-state index contributed by atoms with van der Waals surface area (Å²) in [5, 5.41) is 6.50. The van der Waals surface area contributed by atoms with Crippen LogP contribution >= 0.6 is 0 Å². The number of benzene rings is 3. The number of anilines is 1. The molecular weight excluding hydrogens is 630 g/mol. The molecule has 0 unspecified atom stereocenters. The van der Waals surface area contributed by atoms with Crippen LogP contribution < -0.4 is 15.0 Å². The molecular formula is C34H36F2N4O6S. The molecule has 0 spiro atoms. The van der Waals surface area contributed by atoms with Crippen molar-refractivity contribution in [2.75, 3.05) is 30.3 Å². The van der Waals surface area contributed by atoms with E-state index in [4.69, 9.17) is 9.29 Å². The molecule has 47 heavy (non-hydrogen) atoms. The Kier molecular flexibility index (Phi) is 10.4. The third-order valence-corrected chi connectivity index (χ3v) is 8.96. The minimum atomic E-state index is -4.32. The van der Waals surface area contributed by atoms with Gasteiger partial charge in [0.2, 0.25) is 5.91 Å². The third-order valence-electron chi connectivity index (χ3n) is 8.24. The predicted octanol–water partition coefficient (Wildman–Crippen LogP) is 5.25. The fourth-order valence-corrected chi connectivity index (χ4v) is 5.99. The molecule has 248 valence electrons. The molecule has 0 saturated carbocycles. The van der Waals surface area contributed by atoms with Gasteiger partial charge in [-0.25, -0.2) is 8.78 Å². The number of aryl methyl sites for hydroxylation is 1. The van der Waals surface area contributed by atoms with E-state index in [0.717, 1.165) is 58.7 Å². The zero-order chi connectivity index (χ0) is 33.7. The van der Waals surface area contributed by atoms with E-state index in [1.54, 1.807) is 12.4 Å². The number of rotatable bonds is 12. The Balaban J connectivity index is 1.27. The molecule has 0 fully saturated rings. The van der Waals surface area contributed by atoms with Gasteiger partial charge in [0.1, 0.15) is 17.4 Å². The van der Waals surface area contributed by atoms with E-state index in [1.165, 1.54) is 4.68 Å². The minimum absolute atomic E-state index is 0.0104. The van der Waals surface area contributed by atoms with Crippen molar-refractivity contribution >= 4 is 27.6 Å². The van der Waals surface area contributed by atoms with Crippen molar-refractivity contribution in [3.8, 4) is 16.9 Å². The highest BCUT2D eigenvalue weighted by Crippen LogP contribution is 2.36. The van der Waals surface area contributed by atoms with Gasteiger partial charge in [-0.05, 0) is 79.6 Å². The molecule has 1 aliphatic heterocycles. The van der Waals surface area contributed by atoms with Crippen LogP contribution in [0.25, 0.3) is 11.1 Å². The molecule has 2 N–H and O–H groups in total. The quantitative estimate of drug-likeness (QED) is 0.156. The fraction of sp³-hybridized carbons (Fsp3) is 0.324. The summed E-state index contributed by atoms with van der Waals surface area (Å²) in [5.41, 5.74) is 4.75. The van der Waals surface area contributed by atoms with E-state index in [0.29, 0.717) is 31.6 Å². The van der Waals surface area contributed by atoms with E-state index < -0.39 is 51.1 Å². The first-order chi connectivity index (χ1) is 22.4. The first-order valence-corrected chi connectivity index (χ1v) is 16.9. The van der Waals surface area contributed by atoms with Crippen molar-refractivity contribution in [3.63, 3.8) is 0 Å². The van der Waals surface area contributed by atoms with Crippen LogP contribution in [0.5, 0.6) is 5.75 Å². The number of carbonyl (C=O) groups excluding carboxylic acids is 2. The number of nitrogens with one attached hydrogen (secondary N) is 1. The van der Waals surface area contributed by atoms with Crippen LogP contribution in [0, 0.1) is 25.5 Å². The molecule has 1 aromatic heterocycles. The predicted molar refractivity (Wildman–Crippen MR) is 173 cm³/mol. The standard InChI is InChI=1S/C34H36F2N4O6S/c1-22-7-3-11-31(23(22)2)46-17-6-12-32(41)40-16-5-9-26-25(8-4-10-30(26)40)24-19-38-39(20-24)21-28-29(35)14-13-27(33(28)36)34(42)37-15-18-47(43,44)45/h3-4,7-8,10-11,13-14,19-20H,5-6,9,12,15-18,21H2,1-2H3,(H,37,42)(H,43,44,45). The van der Waals surface area contributed by atoms with E-state index in [9.17, 15) is 22.4 Å². The van der Waals surface area contributed by atoms with Crippen molar-refractivity contribution in [1.82, 2.24) is 15.1 Å². The number of hydrogen-bond donors (Lipinski definition) is 2. The summed E-state index contributed by atoms with van der Waals surface area (Å²) in [5.74, 6) is -2.84. The van der Waals surface area contributed by atoms with Crippen molar-refractivity contribution < 1.29 is 36.1 Å². The summed E-state index contributed by atoms with van der Waals surface area (Å²) in [6, 6.07) is 13.5. The summed E-state index contributed by atoms with van der Waals surface area (Å²) >= 11 is 0. The van der Waals surface area contributed by atoms with Crippen molar-refractivity contribution in [3.05, 3.63) is 100 Å². The van der Waals surface area contributed by atoms with Gasteiger partial charge in [0.15, 0.2) is 0 Å². The minimum Gasteiger partial charge on any atom is -0.493 e. The highest BCUT2D eigenvalue weighted by Gasteiger charge is 2.25. The number of ether oxygens (including phenoxy) is 1. The second-order valence-corrected chi connectivity index (χ2v) is 13.0. The second kappa shape index (κ2) is 14.4. The normalized spacial score (nSPS) is 12.9. The number of nitrogens with zero attached hydrogens (tertiary/aromatic N) is 3. The number of fused-ring (bicyclic) bond motifs is 1. The number of aromatic nitrogens is 2. The topological polar surface area (TPSA) is 131 Å². The Labute approximate surface area is 272 Å². The molecule has 1 aliphatic rings.